The summed E-state index contributed by atoms with van der Waals surface area (Å²) in [5, 5.41) is 9.03. The van der Waals surface area contributed by atoms with E-state index in [1.807, 2.05) is 0 Å². The normalized spacial score (nSPS) is 29.0. The Labute approximate surface area is 112 Å². The Kier molecular flexibility index (Phi) is 5.26. The summed E-state index contributed by atoms with van der Waals surface area (Å²) in [6.45, 7) is 5.09. The van der Waals surface area contributed by atoms with E-state index in [0.717, 1.165) is 12.8 Å². The van der Waals surface area contributed by atoms with Crippen LogP contribution >= 0.6 is 0 Å². The fraction of sp³-hybridized carbons (Fsp3) is 0.929. The topological polar surface area (TPSA) is 33.0 Å². The third-order valence-corrected chi connectivity index (χ3v) is 4.44. The highest BCUT2D eigenvalue weighted by atomic mass is 19.4. The predicted octanol–water partition coefficient (Wildman–Crippen LogP) is 4.31. The number of rotatable bonds is 4. The van der Waals surface area contributed by atoms with Crippen LogP contribution in [-0.2, 0) is 4.74 Å². The Morgan fingerprint density at radius 2 is 1.89 bits per heavy atom. The molecule has 1 rings (SSSR count). The van der Waals surface area contributed by atoms with Crippen molar-refractivity contribution in [3.63, 3.8) is 0 Å². The second kappa shape index (κ2) is 6.13. The van der Waals surface area contributed by atoms with Gasteiger partial charge in [-0.25, -0.2) is 0 Å². The maximum absolute atomic E-state index is 12.2. The summed E-state index contributed by atoms with van der Waals surface area (Å²) in [6.07, 6.45) is -1.86. The minimum Gasteiger partial charge on any atom is -0.367 e. The van der Waals surface area contributed by atoms with Crippen molar-refractivity contribution in [1.29, 1.82) is 5.26 Å². The average Bonchev–Trinajstić information content (AvgIpc) is 2.35. The van der Waals surface area contributed by atoms with Crippen LogP contribution in [0.3, 0.4) is 0 Å². The number of nitrogens with zero attached hydrogens (tertiary/aromatic N) is 1. The van der Waals surface area contributed by atoms with Crippen LogP contribution in [0.5, 0.6) is 0 Å². The van der Waals surface area contributed by atoms with Crippen LogP contribution in [0.15, 0.2) is 0 Å². The van der Waals surface area contributed by atoms with Gasteiger partial charge in [-0.1, -0.05) is 27.2 Å². The lowest BCUT2D eigenvalue weighted by Gasteiger charge is -2.41. The van der Waals surface area contributed by atoms with Crippen LogP contribution in [0.1, 0.15) is 46.5 Å². The van der Waals surface area contributed by atoms with Gasteiger partial charge in [-0.15, -0.1) is 0 Å². The molecule has 0 spiro atoms. The fourth-order valence-electron chi connectivity index (χ4n) is 2.66. The van der Waals surface area contributed by atoms with E-state index in [1.54, 1.807) is 0 Å². The van der Waals surface area contributed by atoms with Crippen molar-refractivity contribution < 1.29 is 17.9 Å². The van der Waals surface area contributed by atoms with Crippen molar-refractivity contribution in [2.45, 2.75) is 58.7 Å². The van der Waals surface area contributed by atoms with Crippen molar-refractivity contribution in [3.8, 4) is 6.07 Å². The van der Waals surface area contributed by atoms with Gasteiger partial charge < -0.3 is 4.74 Å². The average molecular weight is 277 g/mol. The molecule has 0 aromatic rings. The zero-order chi connectivity index (χ0) is 14.7. The molecule has 1 aliphatic rings. The smallest absolute Gasteiger partial charge is 0.367 e. The summed E-state index contributed by atoms with van der Waals surface area (Å²) in [5.74, 6) is -0.0911. The van der Waals surface area contributed by atoms with Crippen molar-refractivity contribution in [2.75, 3.05) is 6.61 Å². The Balaban J connectivity index is 2.67. The van der Waals surface area contributed by atoms with Gasteiger partial charge in [-0.3, -0.25) is 0 Å². The van der Waals surface area contributed by atoms with Crippen LogP contribution in [-0.4, -0.2) is 18.9 Å². The molecule has 0 saturated heterocycles. The number of alkyl halides is 3. The Morgan fingerprint density at radius 3 is 2.37 bits per heavy atom. The third kappa shape index (κ3) is 4.68. The molecule has 2 nitrogen and oxygen atoms in total. The molecule has 3 atom stereocenters. The zero-order valence-electron chi connectivity index (χ0n) is 11.8. The van der Waals surface area contributed by atoms with Crippen LogP contribution in [0.25, 0.3) is 0 Å². The number of ether oxygens (including phenoxy) is 1. The van der Waals surface area contributed by atoms with E-state index in [1.165, 1.54) is 0 Å². The van der Waals surface area contributed by atoms with E-state index in [0.29, 0.717) is 18.8 Å². The fourth-order valence-corrected chi connectivity index (χ4v) is 2.66. The lowest BCUT2D eigenvalue weighted by molar-refractivity contribution is -0.194. The van der Waals surface area contributed by atoms with E-state index < -0.39 is 24.8 Å². The zero-order valence-corrected chi connectivity index (χ0v) is 11.8. The van der Waals surface area contributed by atoms with Gasteiger partial charge in [0.15, 0.2) is 0 Å². The number of hydrogen-bond acceptors (Lipinski definition) is 2. The molecule has 110 valence electrons. The SMILES string of the molecule is CCC(C)(C)C1CCC(C#N)C(OCC(F)(F)F)C1. The summed E-state index contributed by atoms with van der Waals surface area (Å²) in [7, 11) is 0. The van der Waals surface area contributed by atoms with Crippen LogP contribution in [0.4, 0.5) is 13.2 Å². The first-order chi connectivity index (χ1) is 8.69. The Bertz CT molecular complexity index is 333. The van der Waals surface area contributed by atoms with Gasteiger partial charge in [0, 0.05) is 0 Å². The predicted molar refractivity (Wildman–Crippen MR) is 66.3 cm³/mol. The molecule has 0 aliphatic heterocycles. The lowest BCUT2D eigenvalue weighted by atomic mass is 9.67. The third-order valence-electron chi connectivity index (χ3n) is 4.44. The lowest BCUT2D eigenvalue weighted by Crippen LogP contribution is -2.38. The molecule has 19 heavy (non-hydrogen) atoms. The van der Waals surface area contributed by atoms with Crippen molar-refractivity contribution in [2.24, 2.45) is 17.3 Å². The molecule has 1 aliphatic carbocycles. The molecular formula is C14H22F3NO. The van der Waals surface area contributed by atoms with Crippen molar-refractivity contribution in [3.05, 3.63) is 0 Å². The molecule has 1 saturated carbocycles. The van der Waals surface area contributed by atoms with Crippen LogP contribution < -0.4 is 0 Å². The molecule has 0 amide bonds. The summed E-state index contributed by atoms with van der Waals surface area (Å²) in [6, 6.07) is 2.09. The van der Waals surface area contributed by atoms with E-state index in [9.17, 15) is 13.2 Å². The van der Waals surface area contributed by atoms with Gasteiger partial charge in [-0.2, -0.15) is 18.4 Å². The van der Waals surface area contributed by atoms with E-state index in [-0.39, 0.29) is 5.41 Å². The van der Waals surface area contributed by atoms with Gasteiger partial charge >= 0.3 is 6.18 Å². The molecule has 0 N–H and O–H groups in total. The first-order valence-corrected chi connectivity index (χ1v) is 6.77. The quantitative estimate of drug-likeness (QED) is 0.767. The molecular weight excluding hydrogens is 255 g/mol. The van der Waals surface area contributed by atoms with Gasteiger partial charge in [0.2, 0.25) is 0 Å². The maximum atomic E-state index is 12.2. The molecule has 5 heteroatoms. The van der Waals surface area contributed by atoms with Crippen molar-refractivity contribution >= 4 is 0 Å². The summed E-state index contributed by atoms with van der Waals surface area (Å²) >= 11 is 0. The summed E-state index contributed by atoms with van der Waals surface area (Å²) < 4.78 is 41.7. The summed E-state index contributed by atoms with van der Waals surface area (Å²) in [4.78, 5) is 0. The second-order valence-corrected chi connectivity index (χ2v) is 6.05. The standard InChI is InChI=1S/C14H22F3NO/c1-4-13(2,3)11-6-5-10(8-18)12(7-11)19-9-14(15,16)17/h10-12H,4-7,9H2,1-3H3. The largest absolute Gasteiger partial charge is 0.411 e. The van der Waals surface area contributed by atoms with E-state index in [2.05, 4.69) is 26.8 Å². The molecule has 0 bridgehead atoms. The minimum atomic E-state index is -4.33. The number of nitriles is 1. The highest BCUT2D eigenvalue weighted by Crippen LogP contribution is 2.43. The molecule has 3 unspecified atom stereocenters. The molecule has 0 aromatic carbocycles. The van der Waals surface area contributed by atoms with Gasteiger partial charge in [-0.05, 0) is 30.6 Å². The number of hydrogen-bond donors (Lipinski definition) is 0. The number of halogens is 3. The first-order valence-electron chi connectivity index (χ1n) is 6.77. The molecule has 0 heterocycles. The van der Waals surface area contributed by atoms with E-state index in [4.69, 9.17) is 10.00 Å². The van der Waals surface area contributed by atoms with Crippen molar-refractivity contribution in [1.82, 2.24) is 0 Å². The highest BCUT2D eigenvalue weighted by molar-refractivity contribution is 4.96. The van der Waals surface area contributed by atoms with Gasteiger partial charge in [0.1, 0.15) is 6.61 Å². The summed E-state index contributed by atoms with van der Waals surface area (Å²) in [5.41, 5.74) is 0.0836. The minimum absolute atomic E-state index is 0.0836. The molecule has 0 radical (unpaired) electrons. The van der Waals surface area contributed by atoms with Gasteiger partial charge in [0.05, 0.1) is 18.1 Å². The Morgan fingerprint density at radius 1 is 1.26 bits per heavy atom. The Hall–Kier alpha value is -0.760. The maximum Gasteiger partial charge on any atom is 0.411 e. The monoisotopic (exact) mass is 277 g/mol. The molecule has 1 fully saturated rings. The molecule has 0 aromatic heterocycles. The highest BCUT2D eigenvalue weighted by Gasteiger charge is 2.39. The first kappa shape index (κ1) is 16.3. The van der Waals surface area contributed by atoms with Crippen LogP contribution in [0, 0.1) is 28.6 Å². The second-order valence-electron chi connectivity index (χ2n) is 6.05. The van der Waals surface area contributed by atoms with E-state index >= 15 is 0 Å². The van der Waals surface area contributed by atoms with Crippen LogP contribution in [0.2, 0.25) is 0 Å². The van der Waals surface area contributed by atoms with Gasteiger partial charge in [0.25, 0.3) is 0 Å².